The van der Waals surface area contributed by atoms with Gasteiger partial charge >= 0.3 is 11.9 Å². The van der Waals surface area contributed by atoms with Crippen LogP contribution in [0.1, 0.15) is 24.0 Å². The molecule has 0 aromatic heterocycles. The summed E-state index contributed by atoms with van der Waals surface area (Å²) in [6.45, 7) is 2.25. The Kier molecular flexibility index (Phi) is 10.6. The van der Waals surface area contributed by atoms with Gasteiger partial charge in [-0.25, -0.2) is 9.59 Å². The highest BCUT2D eigenvalue weighted by atomic mass is 35.5. The minimum Gasteiger partial charge on any atom is -0.478 e. The van der Waals surface area contributed by atoms with Gasteiger partial charge in [0.05, 0.1) is 0 Å². The quantitative estimate of drug-likeness (QED) is 0.674. The lowest BCUT2D eigenvalue weighted by molar-refractivity contribution is -0.134. The summed E-state index contributed by atoms with van der Waals surface area (Å²) in [6.07, 6.45) is 2.17. The smallest absolute Gasteiger partial charge is 0.328 e. The zero-order valence-corrected chi connectivity index (χ0v) is 14.7. The first-order valence-corrected chi connectivity index (χ1v) is 7.69. The molecule has 1 atom stereocenters. The van der Waals surface area contributed by atoms with E-state index in [-0.39, 0.29) is 6.15 Å². The zero-order chi connectivity index (χ0) is 17.9. The van der Waals surface area contributed by atoms with E-state index in [1.54, 1.807) is 0 Å². The first-order valence-electron chi connectivity index (χ1n) is 7.32. The normalized spacial score (nSPS) is 11.0. The molecular weight excluding hydrogens is 342 g/mol. The lowest BCUT2D eigenvalue weighted by Crippen LogP contribution is -1.97. The average Bonchev–Trinajstić information content (AvgIpc) is 2.56. The molecule has 1 unspecified atom stereocenters. The highest BCUT2D eigenvalue weighted by Gasteiger charge is 2.05. The summed E-state index contributed by atoms with van der Waals surface area (Å²) in [5.41, 5.74) is 2.72. The van der Waals surface area contributed by atoms with Gasteiger partial charge in [-0.15, -0.1) is 0 Å². The van der Waals surface area contributed by atoms with Gasteiger partial charge in [0.1, 0.15) is 0 Å². The van der Waals surface area contributed by atoms with Crippen molar-refractivity contribution in [2.24, 2.45) is 0 Å². The highest BCUT2D eigenvalue weighted by Crippen LogP contribution is 2.20. The molecule has 0 saturated carbocycles. The Labute approximate surface area is 152 Å². The van der Waals surface area contributed by atoms with Crippen molar-refractivity contribution in [2.75, 3.05) is 0 Å². The lowest BCUT2D eigenvalue weighted by atomic mass is 9.94. The predicted octanol–water partition coefficient (Wildman–Crippen LogP) is 4.56. The van der Waals surface area contributed by atoms with Crippen LogP contribution in [0.4, 0.5) is 0 Å². The number of carboxylic acid groups (broad SMARTS) is 2. The molecule has 0 heterocycles. The van der Waals surface area contributed by atoms with Crippen LogP contribution in [-0.4, -0.2) is 22.2 Å². The van der Waals surface area contributed by atoms with Crippen molar-refractivity contribution in [3.8, 4) is 0 Å². The molecule has 0 aliphatic carbocycles. The number of halogens is 1. The van der Waals surface area contributed by atoms with E-state index in [1.807, 2.05) is 12.1 Å². The molecule has 5 N–H and O–H groups in total. The van der Waals surface area contributed by atoms with Crippen molar-refractivity contribution >= 4 is 23.5 Å². The van der Waals surface area contributed by atoms with E-state index in [4.69, 9.17) is 21.8 Å². The van der Waals surface area contributed by atoms with Crippen LogP contribution < -0.4 is 6.15 Å². The third-order valence-corrected chi connectivity index (χ3v) is 3.44. The summed E-state index contributed by atoms with van der Waals surface area (Å²) in [7, 11) is 0. The third-order valence-electron chi connectivity index (χ3n) is 3.19. The number of hydrogen-bond acceptors (Lipinski definition) is 3. The molecule has 5 nitrogen and oxygen atoms in total. The summed E-state index contributed by atoms with van der Waals surface area (Å²) < 4.78 is 0. The van der Waals surface area contributed by atoms with Crippen molar-refractivity contribution in [1.82, 2.24) is 6.15 Å². The topological polar surface area (TPSA) is 110 Å². The minimum atomic E-state index is -1.26. The molecule has 6 heteroatoms. The molecule has 0 fully saturated rings. The molecule has 0 aliphatic rings. The predicted molar refractivity (Wildman–Crippen MR) is 99.4 cm³/mol. The van der Waals surface area contributed by atoms with Crippen LogP contribution in [0, 0.1) is 0 Å². The fraction of sp³-hybridized carbons (Fsp3) is 0.158. The summed E-state index contributed by atoms with van der Waals surface area (Å²) in [5, 5.41) is 16.4. The summed E-state index contributed by atoms with van der Waals surface area (Å²) >= 11 is 5.87. The molecule has 0 bridgehead atoms. The maximum absolute atomic E-state index is 9.55. The molecule has 2 aromatic carbocycles. The molecule has 25 heavy (non-hydrogen) atoms. The van der Waals surface area contributed by atoms with Gasteiger partial charge in [-0.1, -0.05) is 61.0 Å². The van der Waals surface area contributed by atoms with Crippen LogP contribution in [0.2, 0.25) is 5.02 Å². The van der Waals surface area contributed by atoms with Crippen molar-refractivity contribution < 1.29 is 19.8 Å². The van der Waals surface area contributed by atoms with Crippen molar-refractivity contribution in [3.05, 3.63) is 82.9 Å². The summed E-state index contributed by atoms with van der Waals surface area (Å²) in [4.78, 5) is 19.1. The Morgan fingerprint density at radius 2 is 1.44 bits per heavy atom. The molecule has 0 amide bonds. The molecule has 0 saturated heterocycles. The van der Waals surface area contributed by atoms with Gasteiger partial charge in [-0.3, -0.25) is 0 Å². The van der Waals surface area contributed by atoms with Gasteiger partial charge in [0, 0.05) is 17.2 Å². The number of benzene rings is 2. The maximum Gasteiger partial charge on any atom is 0.328 e. The molecular formula is C19H22ClNO4. The second-order valence-electron chi connectivity index (χ2n) is 5.15. The van der Waals surface area contributed by atoms with Crippen molar-refractivity contribution in [1.29, 1.82) is 0 Å². The maximum atomic E-state index is 9.55. The number of carboxylic acids is 2. The zero-order valence-electron chi connectivity index (χ0n) is 13.9. The Bertz CT molecular complexity index is 668. The molecule has 2 rings (SSSR count). The van der Waals surface area contributed by atoms with E-state index in [0.29, 0.717) is 18.1 Å². The summed E-state index contributed by atoms with van der Waals surface area (Å²) in [5.74, 6) is -1.97. The number of carbonyl (C=O) groups is 2. The summed E-state index contributed by atoms with van der Waals surface area (Å²) in [6, 6.07) is 18.7. The van der Waals surface area contributed by atoms with Crippen molar-refractivity contribution in [3.63, 3.8) is 0 Å². The van der Waals surface area contributed by atoms with Gasteiger partial charge in [0.25, 0.3) is 0 Å². The van der Waals surface area contributed by atoms with Gasteiger partial charge in [-0.2, -0.15) is 0 Å². The van der Waals surface area contributed by atoms with Crippen LogP contribution >= 0.6 is 11.6 Å². The number of aliphatic carboxylic acids is 2. The lowest BCUT2D eigenvalue weighted by Gasteiger charge is -2.11. The SMILES string of the molecule is CC(Cc1ccc(Cl)cc1)c1ccccc1.N.O=C(O)C=CC(=O)O. The van der Waals surface area contributed by atoms with E-state index in [0.717, 1.165) is 11.4 Å². The van der Waals surface area contributed by atoms with Gasteiger partial charge < -0.3 is 16.4 Å². The van der Waals surface area contributed by atoms with Crippen LogP contribution in [0.3, 0.4) is 0 Å². The third kappa shape index (κ3) is 9.96. The molecule has 134 valence electrons. The van der Waals surface area contributed by atoms with E-state index in [1.165, 1.54) is 11.1 Å². The molecule has 0 aliphatic heterocycles. The second kappa shape index (κ2) is 11.8. The fourth-order valence-corrected chi connectivity index (χ4v) is 2.14. The van der Waals surface area contributed by atoms with Gasteiger partial charge in [-0.05, 0) is 35.6 Å². The van der Waals surface area contributed by atoms with E-state index < -0.39 is 11.9 Å². The van der Waals surface area contributed by atoms with Crippen LogP contribution in [0.15, 0.2) is 66.7 Å². The minimum absolute atomic E-state index is 0. The number of rotatable bonds is 5. The Hall–Kier alpha value is -2.63. The van der Waals surface area contributed by atoms with Gasteiger partial charge in [0.15, 0.2) is 0 Å². The van der Waals surface area contributed by atoms with Crippen LogP contribution in [0.25, 0.3) is 0 Å². The number of hydrogen-bond donors (Lipinski definition) is 3. The van der Waals surface area contributed by atoms with Gasteiger partial charge in [0.2, 0.25) is 0 Å². The Morgan fingerprint density at radius 3 is 1.88 bits per heavy atom. The average molecular weight is 364 g/mol. The first-order chi connectivity index (χ1) is 11.4. The van der Waals surface area contributed by atoms with Crippen molar-refractivity contribution in [2.45, 2.75) is 19.3 Å². The molecule has 0 spiro atoms. The van der Waals surface area contributed by atoms with E-state index >= 15 is 0 Å². The van der Waals surface area contributed by atoms with Crippen LogP contribution in [-0.2, 0) is 16.0 Å². The molecule has 2 aromatic rings. The Morgan fingerprint density at radius 1 is 0.960 bits per heavy atom. The van der Waals surface area contributed by atoms with Crippen LogP contribution in [0.5, 0.6) is 0 Å². The largest absolute Gasteiger partial charge is 0.478 e. The Balaban J connectivity index is 0.000000552. The molecule has 0 radical (unpaired) electrons. The first kappa shape index (κ1) is 22.4. The fourth-order valence-electron chi connectivity index (χ4n) is 2.02. The van der Waals surface area contributed by atoms with E-state index in [9.17, 15) is 9.59 Å². The highest BCUT2D eigenvalue weighted by molar-refractivity contribution is 6.30. The standard InChI is InChI=1S/C15H15Cl.C4H4O4.H3N/c1-12(14-5-3-2-4-6-14)11-13-7-9-15(16)10-8-13;5-3(6)1-2-4(7)8;/h2-10,12H,11H2,1H3;1-2H,(H,5,6)(H,7,8);1H3. The monoisotopic (exact) mass is 363 g/mol. The second-order valence-corrected chi connectivity index (χ2v) is 5.59. The van der Waals surface area contributed by atoms with E-state index in [2.05, 4.69) is 49.4 Å².